The number of amides is 2. The lowest BCUT2D eigenvalue weighted by Crippen LogP contribution is -2.12. The van der Waals surface area contributed by atoms with Gasteiger partial charge in [0.2, 0.25) is 17.6 Å². The van der Waals surface area contributed by atoms with Crippen molar-refractivity contribution >= 4 is 23.2 Å². The first-order chi connectivity index (χ1) is 16.5. The van der Waals surface area contributed by atoms with Crippen LogP contribution in [0.4, 0.5) is 11.4 Å². The molecular formula is C25H20N6O3. The Labute approximate surface area is 194 Å². The fourth-order valence-electron chi connectivity index (χ4n) is 3.96. The molecule has 1 saturated carbocycles. The molecule has 4 aromatic rings. The van der Waals surface area contributed by atoms with E-state index in [1.54, 1.807) is 24.4 Å². The van der Waals surface area contributed by atoms with Crippen LogP contribution in [0.15, 0.2) is 53.5 Å². The van der Waals surface area contributed by atoms with Crippen LogP contribution in [0.5, 0.6) is 0 Å². The number of nitrogens with one attached hydrogen (secondary N) is 2. The van der Waals surface area contributed by atoms with Crippen LogP contribution in [0, 0.1) is 6.92 Å². The van der Waals surface area contributed by atoms with Gasteiger partial charge in [0.05, 0.1) is 24.0 Å². The molecule has 34 heavy (non-hydrogen) atoms. The highest BCUT2D eigenvalue weighted by Crippen LogP contribution is 2.39. The summed E-state index contributed by atoms with van der Waals surface area (Å²) < 4.78 is 5.71. The van der Waals surface area contributed by atoms with Gasteiger partial charge in [-0.1, -0.05) is 0 Å². The number of pyridine rings is 1. The molecule has 1 aliphatic carbocycles. The predicted molar refractivity (Wildman–Crippen MR) is 124 cm³/mol. The fraction of sp³-hybridized carbons (Fsp3) is 0.200. The zero-order valence-corrected chi connectivity index (χ0v) is 18.3. The minimum atomic E-state index is -0.441. The van der Waals surface area contributed by atoms with E-state index in [1.807, 2.05) is 25.4 Å². The molecule has 0 bridgehead atoms. The maximum Gasteiger partial charge on any atom is 0.293 e. The lowest BCUT2D eigenvalue weighted by molar-refractivity contribution is -0.115. The van der Waals surface area contributed by atoms with Gasteiger partial charge in [-0.2, -0.15) is 0 Å². The van der Waals surface area contributed by atoms with Crippen LogP contribution in [0.25, 0.3) is 22.8 Å². The quantitative estimate of drug-likeness (QED) is 0.467. The van der Waals surface area contributed by atoms with Crippen LogP contribution in [-0.4, -0.2) is 31.8 Å². The normalized spacial score (nSPS) is 14.6. The number of carbonyl (C=O) groups excluding carboxylic acids is 2. The van der Waals surface area contributed by atoms with E-state index in [2.05, 4.69) is 30.6 Å². The number of aryl methyl sites for hydroxylation is 1. The van der Waals surface area contributed by atoms with Gasteiger partial charge in [-0.3, -0.25) is 14.6 Å². The van der Waals surface area contributed by atoms with Crippen LogP contribution in [0.2, 0.25) is 0 Å². The van der Waals surface area contributed by atoms with E-state index in [1.165, 1.54) is 19.0 Å². The molecule has 2 amide bonds. The molecule has 0 spiro atoms. The summed E-state index contributed by atoms with van der Waals surface area (Å²) in [5.41, 5.74) is 5.41. The Morgan fingerprint density at radius 2 is 1.85 bits per heavy atom. The summed E-state index contributed by atoms with van der Waals surface area (Å²) in [6.45, 7) is 1.81. The fourth-order valence-corrected chi connectivity index (χ4v) is 3.96. The van der Waals surface area contributed by atoms with Gasteiger partial charge in [-0.25, -0.2) is 15.0 Å². The van der Waals surface area contributed by atoms with Gasteiger partial charge >= 0.3 is 0 Å². The van der Waals surface area contributed by atoms with Gasteiger partial charge in [-0.15, -0.1) is 0 Å². The van der Waals surface area contributed by atoms with Crippen molar-refractivity contribution in [3.63, 3.8) is 0 Å². The molecule has 0 unspecified atom stereocenters. The Kier molecular flexibility index (Phi) is 4.68. The van der Waals surface area contributed by atoms with Crippen LogP contribution >= 0.6 is 0 Å². The lowest BCUT2D eigenvalue weighted by atomic mass is 10.1. The second-order valence-electron chi connectivity index (χ2n) is 8.55. The van der Waals surface area contributed by atoms with Gasteiger partial charge < -0.3 is 15.1 Å². The van der Waals surface area contributed by atoms with Crippen molar-refractivity contribution in [1.29, 1.82) is 0 Å². The number of nitrogens with zero attached hydrogens (tertiary/aromatic N) is 4. The van der Waals surface area contributed by atoms with Crippen molar-refractivity contribution < 1.29 is 14.0 Å². The molecule has 3 aromatic heterocycles. The third-order valence-corrected chi connectivity index (χ3v) is 6.02. The number of oxazole rings is 1. The van der Waals surface area contributed by atoms with Gasteiger partial charge in [0.15, 0.2) is 5.82 Å². The molecule has 9 heteroatoms. The highest BCUT2D eigenvalue weighted by atomic mass is 16.4. The van der Waals surface area contributed by atoms with Gasteiger partial charge in [-0.05, 0) is 61.1 Å². The second kappa shape index (κ2) is 7.87. The molecule has 9 nitrogen and oxygen atoms in total. The van der Waals surface area contributed by atoms with Gasteiger partial charge in [0, 0.05) is 35.4 Å². The Morgan fingerprint density at radius 3 is 2.65 bits per heavy atom. The first-order valence-corrected chi connectivity index (χ1v) is 11.0. The first kappa shape index (κ1) is 20.2. The summed E-state index contributed by atoms with van der Waals surface area (Å²) >= 11 is 0. The molecule has 168 valence electrons. The zero-order chi connectivity index (χ0) is 23.2. The van der Waals surface area contributed by atoms with Crippen molar-refractivity contribution in [1.82, 2.24) is 19.9 Å². The number of fused-ring (bicyclic) bond motifs is 1. The number of aromatic nitrogens is 4. The number of hydrogen-bond donors (Lipinski definition) is 2. The Hall–Kier alpha value is -4.40. The molecule has 1 aliphatic heterocycles. The third-order valence-electron chi connectivity index (χ3n) is 6.02. The standard InChI is InChI=1S/C25H20N6O3/c1-13-20(7-17(9-26-13)23-27-10-18(11-28-23)14-2-3-14)31-24(33)21-12-29-25(34-21)15-4-5-19-16(6-15)8-22(32)30-19/h4-7,9-12,14H,2-3,8H2,1H3,(H,30,32)(H,31,33). The largest absolute Gasteiger partial charge is 0.431 e. The van der Waals surface area contributed by atoms with E-state index < -0.39 is 5.91 Å². The van der Waals surface area contributed by atoms with Crippen molar-refractivity contribution in [3.8, 4) is 22.8 Å². The number of benzene rings is 1. The number of rotatable bonds is 5. The molecule has 1 fully saturated rings. The van der Waals surface area contributed by atoms with Crippen molar-refractivity contribution in [2.75, 3.05) is 10.6 Å². The molecule has 2 N–H and O–H groups in total. The molecule has 6 rings (SSSR count). The SMILES string of the molecule is Cc1ncc(-c2ncc(C3CC3)cn2)cc1NC(=O)c1cnc(-c2ccc3c(c2)CC(=O)N3)o1. The lowest BCUT2D eigenvalue weighted by Gasteiger charge is -2.09. The van der Waals surface area contributed by atoms with Crippen LogP contribution < -0.4 is 10.6 Å². The third kappa shape index (κ3) is 3.81. The summed E-state index contributed by atoms with van der Waals surface area (Å²) in [5.74, 6) is 1.03. The van der Waals surface area contributed by atoms with E-state index >= 15 is 0 Å². The summed E-state index contributed by atoms with van der Waals surface area (Å²) in [5, 5.41) is 5.63. The van der Waals surface area contributed by atoms with Gasteiger partial charge in [0.1, 0.15) is 0 Å². The highest BCUT2D eigenvalue weighted by molar-refractivity contribution is 6.03. The predicted octanol–water partition coefficient (Wildman–Crippen LogP) is 4.13. The Bertz CT molecular complexity index is 1440. The number of hydrogen-bond acceptors (Lipinski definition) is 7. The zero-order valence-electron chi connectivity index (χ0n) is 18.3. The van der Waals surface area contributed by atoms with Crippen LogP contribution in [-0.2, 0) is 11.2 Å². The number of anilines is 2. The molecular weight excluding hydrogens is 432 g/mol. The van der Waals surface area contributed by atoms with E-state index in [-0.39, 0.29) is 11.7 Å². The molecule has 4 heterocycles. The molecule has 2 aliphatic rings. The molecule has 0 saturated heterocycles. The van der Waals surface area contributed by atoms with Crippen LogP contribution in [0.3, 0.4) is 0 Å². The van der Waals surface area contributed by atoms with E-state index in [0.717, 1.165) is 16.8 Å². The average Bonchev–Trinajstić information content (AvgIpc) is 3.44. The Morgan fingerprint density at radius 1 is 1.03 bits per heavy atom. The van der Waals surface area contributed by atoms with Crippen molar-refractivity contribution in [2.24, 2.45) is 0 Å². The average molecular weight is 452 g/mol. The van der Waals surface area contributed by atoms with Gasteiger partial charge in [0.25, 0.3) is 5.91 Å². The second-order valence-corrected chi connectivity index (χ2v) is 8.55. The summed E-state index contributed by atoms with van der Waals surface area (Å²) in [6, 6.07) is 7.24. The summed E-state index contributed by atoms with van der Waals surface area (Å²) in [7, 11) is 0. The first-order valence-electron chi connectivity index (χ1n) is 11.0. The van der Waals surface area contributed by atoms with Crippen LogP contribution in [0.1, 0.15) is 46.1 Å². The maximum absolute atomic E-state index is 12.9. The molecule has 1 aromatic carbocycles. The monoisotopic (exact) mass is 452 g/mol. The van der Waals surface area contributed by atoms with E-state index in [0.29, 0.717) is 46.6 Å². The van der Waals surface area contributed by atoms with E-state index in [9.17, 15) is 9.59 Å². The van der Waals surface area contributed by atoms with Crippen molar-refractivity contribution in [3.05, 3.63) is 71.6 Å². The maximum atomic E-state index is 12.9. The minimum Gasteiger partial charge on any atom is -0.431 e. The molecule has 0 atom stereocenters. The number of carbonyl (C=O) groups is 2. The molecule has 0 radical (unpaired) electrons. The minimum absolute atomic E-state index is 0.0462. The van der Waals surface area contributed by atoms with E-state index in [4.69, 9.17) is 4.42 Å². The summed E-state index contributed by atoms with van der Waals surface area (Å²) in [6.07, 6.45) is 9.49. The Balaban J connectivity index is 1.21. The smallest absolute Gasteiger partial charge is 0.293 e. The topological polar surface area (TPSA) is 123 Å². The summed E-state index contributed by atoms with van der Waals surface area (Å²) in [4.78, 5) is 42.0. The van der Waals surface area contributed by atoms with Crippen molar-refractivity contribution in [2.45, 2.75) is 32.1 Å². The highest BCUT2D eigenvalue weighted by Gasteiger charge is 2.24.